The molecule has 0 radical (unpaired) electrons. The van der Waals surface area contributed by atoms with E-state index in [9.17, 15) is 4.79 Å². The van der Waals surface area contributed by atoms with Crippen LogP contribution < -0.4 is 0 Å². The van der Waals surface area contributed by atoms with Gasteiger partial charge in [0.25, 0.3) is 0 Å². The van der Waals surface area contributed by atoms with E-state index >= 15 is 0 Å². The first kappa shape index (κ1) is 12.8. The molecule has 20 heavy (non-hydrogen) atoms. The zero-order valence-electron chi connectivity index (χ0n) is 10.0. The summed E-state index contributed by atoms with van der Waals surface area (Å²) in [5.74, 6) is -0.637. The van der Waals surface area contributed by atoms with Crippen LogP contribution in [0, 0.1) is 45.3 Å². The molecule has 1 aliphatic carbocycles. The van der Waals surface area contributed by atoms with Crippen LogP contribution in [0.2, 0.25) is 0 Å². The Labute approximate surface area is 114 Å². The van der Waals surface area contributed by atoms with E-state index in [1.54, 1.807) is 48.5 Å². The van der Waals surface area contributed by atoms with E-state index < -0.39 is 5.78 Å². The molecule has 0 amide bonds. The maximum Gasteiger partial charge on any atom is 0.198 e. The largest absolute Gasteiger partial charge is 0.288 e. The van der Waals surface area contributed by atoms with Gasteiger partial charge in [0.1, 0.15) is 35.4 Å². The number of Topliss-reactive ketones (excluding diaryl/α,β-unsaturated/α-hetero) is 1. The lowest BCUT2D eigenvalue weighted by Crippen LogP contribution is -1.99. The predicted octanol–water partition coefficient (Wildman–Crippen LogP) is 1.87. The summed E-state index contributed by atoms with van der Waals surface area (Å²) in [5.41, 5.74) is 0.0368. The Bertz CT molecular complexity index is 758. The van der Waals surface area contributed by atoms with Crippen molar-refractivity contribution in [2.45, 2.75) is 0 Å². The van der Waals surface area contributed by atoms with Gasteiger partial charge < -0.3 is 0 Å². The maximum absolute atomic E-state index is 12.4. The molecule has 0 fully saturated rings. The number of allylic oxidation sites excluding steroid dienone is 4. The molecule has 90 valence electrons. The lowest BCUT2D eigenvalue weighted by atomic mass is 10.0. The molecule has 0 aromatic heterocycles. The average molecular weight is 256 g/mol. The Kier molecular flexibility index (Phi) is 3.13. The summed E-state index contributed by atoms with van der Waals surface area (Å²) in [6, 6.07) is 13.1. The van der Waals surface area contributed by atoms with E-state index in [4.69, 9.17) is 21.0 Å². The molecular formula is C15H4N4O. The average Bonchev–Trinajstić information content (AvgIpc) is 2.76. The molecule has 2 rings (SSSR count). The van der Waals surface area contributed by atoms with E-state index in [2.05, 4.69) is 0 Å². The summed E-state index contributed by atoms with van der Waals surface area (Å²) < 4.78 is 0. The van der Waals surface area contributed by atoms with Crippen molar-refractivity contribution in [1.29, 1.82) is 21.0 Å². The molecule has 0 N–H and O–H groups in total. The number of nitriles is 4. The molecule has 0 aliphatic heterocycles. The van der Waals surface area contributed by atoms with E-state index in [-0.39, 0.29) is 22.3 Å². The van der Waals surface area contributed by atoms with Crippen molar-refractivity contribution in [2.75, 3.05) is 0 Å². The van der Waals surface area contributed by atoms with E-state index in [0.29, 0.717) is 11.1 Å². The van der Waals surface area contributed by atoms with Crippen molar-refractivity contribution in [2.24, 2.45) is 0 Å². The minimum Gasteiger partial charge on any atom is -0.288 e. The molecule has 5 nitrogen and oxygen atoms in total. The highest BCUT2D eigenvalue weighted by atomic mass is 16.1. The molecular weight excluding hydrogens is 252 g/mol. The van der Waals surface area contributed by atoms with Crippen LogP contribution in [-0.4, -0.2) is 5.78 Å². The quantitative estimate of drug-likeness (QED) is 0.519. The third-order valence-electron chi connectivity index (χ3n) is 2.87. The fourth-order valence-corrected chi connectivity index (χ4v) is 2.06. The Morgan fingerprint density at radius 2 is 1.10 bits per heavy atom. The number of fused-ring (bicyclic) bond motifs is 1. The highest BCUT2D eigenvalue weighted by molar-refractivity contribution is 6.49. The fourth-order valence-electron chi connectivity index (χ4n) is 2.06. The number of benzene rings is 1. The lowest BCUT2D eigenvalue weighted by molar-refractivity contribution is -0.108. The number of rotatable bonds is 0. The number of carbonyl (C=O) groups excluding carboxylic acids is 1. The van der Waals surface area contributed by atoms with Gasteiger partial charge >= 0.3 is 0 Å². The molecule has 5 heteroatoms. The van der Waals surface area contributed by atoms with Crippen molar-refractivity contribution in [3.05, 3.63) is 46.5 Å². The van der Waals surface area contributed by atoms with Crippen LogP contribution in [0.4, 0.5) is 0 Å². The molecule has 0 heterocycles. The van der Waals surface area contributed by atoms with E-state index in [1.807, 2.05) is 0 Å². The lowest BCUT2D eigenvalue weighted by Gasteiger charge is -1.97. The van der Waals surface area contributed by atoms with Crippen LogP contribution in [0.3, 0.4) is 0 Å². The monoisotopic (exact) mass is 256 g/mol. The first-order valence-corrected chi connectivity index (χ1v) is 5.43. The smallest absolute Gasteiger partial charge is 0.198 e. The molecule has 1 aromatic carbocycles. The second kappa shape index (κ2) is 4.91. The van der Waals surface area contributed by atoms with Crippen molar-refractivity contribution in [3.63, 3.8) is 0 Å². The molecule has 0 saturated heterocycles. The normalized spacial score (nSPS) is 11.7. The Balaban J connectivity index is 2.96. The summed E-state index contributed by atoms with van der Waals surface area (Å²) in [6.45, 7) is 0. The minimum absolute atomic E-state index is 0.0522. The molecule has 0 saturated carbocycles. The second-order valence-electron chi connectivity index (χ2n) is 3.82. The first-order chi connectivity index (χ1) is 9.69. The minimum atomic E-state index is -0.637. The Morgan fingerprint density at radius 1 is 0.750 bits per heavy atom. The first-order valence-electron chi connectivity index (χ1n) is 5.43. The number of hydrogen-bond acceptors (Lipinski definition) is 5. The Hall–Kier alpha value is -3.67. The molecule has 0 spiro atoms. The van der Waals surface area contributed by atoms with Crippen LogP contribution in [0.5, 0.6) is 0 Å². The summed E-state index contributed by atoms with van der Waals surface area (Å²) >= 11 is 0. The van der Waals surface area contributed by atoms with Crippen molar-refractivity contribution in [1.82, 2.24) is 0 Å². The van der Waals surface area contributed by atoms with Gasteiger partial charge in [-0.05, 0) is 11.1 Å². The summed E-state index contributed by atoms with van der Waals surface area (Å²) in [7, 11) is 0. The maximum atomic E-state index is 12.4. The van der Waals surface area contributed by atoms with Crippen molar-refractivity contribution in [3.8, 4) is 24.3 Å². The van der Waals surface area contributed by atoms with Gasteiger partial charge in [0.05, 0.1) is 11.1 Å². The van der Waals surface area contributed by atoms with Gasteiger partial charge in [-0.2, -0.15) is 21.0 Å². The zero-order valence-corrected chi connectivity index (χ0v) is 10.0. The summed E-state index contributed by atoms with van der Waals surface area (Å²) in [5, 5.41) is 35.8. The van der Waals surface area contributed by atoms with Gasteiger partial charge in [0.2, 0.25) is 0 Å². The van der Waals surface area contributed by atoms with Crippen molar-refractivity contribution >= 4 is 16.9 Å². The van der Waals surface area contributed by atoms with Crippen LogP contribution in [0.15, 0.2) is 35.4 Å². The number of hydrogen-bond donors (Lipinski definition) is 0. The number of ketones is 1. The van der Waals surface area contributed by atoms with Crippen LogP contribution in [-0.2, 0) is 4.79 Å². The summed E-state index contributed by atoms with van der Waals surface area (Å²) in [6.07, 6.45) is 0. The Morgan fingerprint density at radius 3 is 1.40 bits per heavy atom. The highest BCUT2D eigenvalue weighted by Gasteiger charge is 2.34. The number of nitrogens with zero attached hydrogens (tertiary/aromatic N) is 4. The number of carbonyl (C=O) groups is 1. The third kappa shape index (κ3) is 1.65. The predicted molar refractivity (Wildman–Crippen MR) is 67.7 cm³/mol. The molecule has 0 unspecified atom stereocenters. The van der Waals surface area contributed by atoms with Gasteiger partial charge in [-0.15, -0.1) is 0 Å². The van der Waals surface area contributed by atoms with Gasteiger partial charge in [-0.1, -0.05) is 24.3 Å². The van der Waals surface area contributed by atoms with Gasteiger partial charge in [-0.25, -0.2) is 0 Å². The molecule has 0 bridgehead atoms. The summed E-state index contributed by atoms with van der Waals surface area (Å²) in [4.78, 5) is 12.4. The van der Waals surface area contributed by atoms with Crippen LogP contribution >= 0.6 is 0 Å². The zero-order chi connectivity index (χ0) is 14.7. The fraction of sp³-hybridized carbons (Fsp3) is 0. The van der Waals surface area contributed by atoms with Crippen LogP contribution in [0.25, 0.3) is 11.1 Å². The molecule has 0 atom stereocenters. The van der Waals surface area contributed by atoms with Crippen LogP contribution in [0.1, 0.15) is 11.1 Å². The van der Waals surface area contributed by atoms with Gasteiger partial charge in [0.15, 0.2) is 5.78 Å². The van der Waals surface area contributed by atoms with Gasteiger partial charge in [0, 0.05) is 0 Å². The van der Waals surface area contributed by atoms with Crippen molar-refractivity contribution < 1.29 is 4.79 Å². The van der Waals surface area contributed by atoms with Gasteiger partial charge in [-0.3, -0.25) is 4.79 Å². The van der Waals surface area contributed by atoms with E-state index in [1.165, 1.54) is 0 Å². The SMILES string of the molecule is N#CC(C#N)=C1C(=O)C(=C(C#N)C#N)c2ccccc21. The second-order valence-corrected chi connectivity index (χ2v) is 3.82. The molecule has 1 aliphatic rings. The topological polar surface area (TPSA) is 112 Å². The van der Waals surface area contributed by atoms with E-state index in [0.717, 1.165) is 0 Å². The highest BCUT2D eigenvalue weighted by Crippen LogP contribution is 2.40. The molecule has 1 aromatic rings. The standard InChI is InChI=1S/C15H4N4O/c16-5-9(6-17)13-11-3-1-2-4-12(11)14(15(13)20)10(7-18)8-19/h1-4H. The third-order valence-corrected chi connectivity index (χ3v) is 2.87.